The van der Waals surface area contributed by atoms with Crippen LogP contribution in [0.25, 0.3) is 0 Å². The van der Waals surface area contributed by atoms with Gasteiger partial charge in [-0.25, -0.2) is 4.98 Å². The Balaban J connectivity index is 3.13. The van der Waals surface area contributed by atoms with Crippen LogP contribution in [0.2, 0.25) is 0 Å². The minimum Gasteiger partial charge on any atom is -0.480 e. The van der Waals surface area contributed by atoms with Crippen LogP contribution >= 0.6 is 15.9 Å². The summed E-state index contributed by atoms with van der Waals surface area (Å²) >= 11 is 3.28. The number of halogens is 1. The van der Waals surface area contributed by atoms with E-state index in [0.29, 0.717) is 4.60 Å². The number of aliphatic carboxylic acids is 1. The molecule has 0 aliphatic carbocycles. The van der Waals surface area contributed by atoms with Gasteiger partial charge >= 0.3 is 5.97 Å². The first-order chi connectivity index (χ1) is 6.32. The van der Waals surface area contributed by atoms with Crippen molar-refractivity contribution in [2.24, 2.45) is 0 Å². The highest BCUT2D eigenvalue weighted by molar-refractivity contribution is 9.10. The minimum atomic E-state index is -0.866. The second-order valence-corrected chi connectivity index (χ2v) is 4.95. The molecular weight excluding hydrogens is 248 g/mol. The number of imidazole rings is 1. The Kier molecular flexibility index (Phi) is 2.99. The van der Waals surface area contributed by atoms with E-state index in [2.05, 4.69) is 20.9 Å². The zero-order valence-electron chi connectivity index (χ0n) is 8.41. The highest BCUT2D eigenvalue weighted by atomic mass is 79.9. The van der Waals surface area contributed by atoms with Crippen LogP contribution in [0.5, 0.6) is 0 Å². The predicted molar refractivity (Wildman–Crippen MR) is 56.3 cm³/mol. The lowest BCUT2D eigenvalue weighted by atomic mass is 9.96. The Labute approximate surface area is 91.1 Å². The van der Waals surface area contributed by atoms with Crippen LogP contribution in [0.3, 0.4) is 0 Å². The molecule has 0 aliphatic rings. The molecule has 0 aliphatic heterocycles. The number of aromatic nitrogens is 2. The molecule has 0 spiro atoms. The molecule has 0 bridgehead atoms. The number of carbonyl (C=O) groups is 1. The number of carboxylic acids is 1. The van der Waals surface area contributed by atoms with Gasteiger partial charge in [0.2, 0.25) is 0 Å². The Morgan fingerprint density at radius 2 is 2.21 bits per heavy atom. The fourth-order valence-corrected chi connectivity index (χ4v) is 1.63. The van der Waals surface area contributed by atoms with E-state index < -0.39 is 5.97 Å². The third-order valence-electron chi connectivity index (χ3n) is 1.77. The second-order valence-electron chi connectivity index (χ2n) is 4.13. The van der Waals surface area contributed by atoms with Crippen molar-refractivity contribution in [2.75, 3.05) is 0 Å². The van der Waals surface area contributed by atoms with Crippen LogP contribution in [-0.2, 0) is 16.8 Å². The van der Waals surface area contributed by atoms with E-state index in [1.165, 1.54) is 0 Å². The van der Waals surface area contributed by atoms with Gasteiger partial charge in [0.25, 0.3) is 0 Å². The number of hydrogen-bond acceptors (Lipinski definition) is 2. The lowest BCUT2D eigenvalue weighted by Gasteiger charge is -2.19. The summed E-state index contributed by atoms with van der Waals surface area (Å²) in [6.45, 7) is 5.94. The number of rotatable bonds is 2. The van der Waals surface area contributed by atoms with Crippen molar-refractivity contribution in [2.45, 2.75) is 32.7 Å². The molecule has 1 heterocycles. The van der Waals surface area contributed by atoms with Crippen molar-refractivity contribution in [3.8, 4) is 0 Å². The molecule has 1 N–H and O–H groups in total. The maximum absolute atomic E-state index is 10.6. The van der Waals surface area contributed by atoms with E-state index in [1.807, 2.05) is 20.8 Å². The molecule has 1 rings (SSSR count). The number of hydrogen-bond donors (Lipinski definition) is 1. The molecule has 0 unspecified atom stereocenters. The van der Waals surface area contributed by atoms with Gasteiger partial charge in [0, 0.05) is 5.41 Å². The standard InChI is InChI=1S/C9H13BrN2O2/c1-9(2,3)8-11-4-6(10)12(8)5-7(13)14/h4H,5H2,1-3H3,(H,13,14). The van der Waals surface area contributed by atoms with Crippen molar-refractivity contribution in [3.05, 3.63) is 16.6 Å². The minimum absolute atomic E-state index is 0.0623. The summed E-state index contributed by atoms with van der Waals surface area (Å²) in [6, 6.07) is 0. The molecule has 5 heteroatoms. The average molecular weight is 261 g/mol. The second kappa shape index (κ2) is 3.73. The SMILES string of the molecule is CC(C)(C)c1ncc(Br)n1CC(=O)O. The van der Waals surface area contributed by atoms with E-state index >= 15 is 0 Å². The number of nitrogens with zero attached hydrogens (tertiary/aromatic N) is 2. The maximum atomic E-state index is 10.6. The molecule has 0 radical (unpaired) electrons. The van der Waals surface area contributed by atoms with Crippen LogP contribution in [0, 0.1) is 0 Å². The Morgan fingerprint density at radius 3 is 2.64 bits per heavy atom. The quantitative estimate of drug-likeness (QED) is 0.886. The van der Waals surface area contributed by atoms with Gasteiger partial charge in [-0.1, -0.05) is 20.8 Å². The van der Waals surface area contributed by atoms with Gasteiger partial charge in [-0.2, -0.15) is 0 Å². The molecule has 78 valence electrons. The molecule has 0 saturated carbocycles. The molecule has 4 nitrogen and oxygen atoms in total. The maximum Gasteiger partial charge on any atom is 0.323 e. The van der Waals surface area contributed by atoms with Gasteiger partial charge in [0.05, 0.1) is 6.20 Å². The average Bonchev–Trinajstić information content (AvgIpc) is 2.30. The summed E-state index contributed by atoms with van der Waals surface area (Å²) in [7, 11) is 0. The lowest BCUT2D eigenvalue weighted by Crippen LogP contribution is -2.21. The van der Waals surface area contributed by atoms with Gasteiger partial charge in [-0.3, -0.25) is 4.79 Å². The molecule has 14 heavy (non-hydrogen) atoms. The fourth-order valence-electron chi connectivity index (χ4n) is 1.24. The smallest absolute Gasteiger partial charge is 0.323 e. The summed E-state index contributed by atoms with van der Waals surface area (Å²) in [5, 5.41) is 8.73. The summed E-state index contributed by atoms with van der Waals surface area (Å²) in [6.07, 6.45) is 1.63. The zero-order chi connectivity index (χ0) is 10.9. The highest BCUT2D eigenvalue weighted by Gasteiger charge is 2.22. The van der Waals surface area contributed by atoms with Crippen molar-refractivity contribution in [3.63, 3.8) is 0 Å². The predicted octanol–water partition coefficient (Wildman–Crippen LogP) is 2.03. The fraction of sp³-hybridized carbons (Fsp3) is 0.556. The molecular formula is C9H13BrN2O2. The topological polar surface area (TPSA) is 55.1 Å². The van der Waals surface area contributed by atoms with Crippen molar-refractivity contribution in [1.29, 1.82) is 0 Å². The largest absolute Gasteiger partial charge is 0.480 e. The molecule has 0 aromatic carbocycles. The van der Waals surface area contributed by atoms with E-state index in [1.54, 1.807) is 10.8 Å². The van der Waals surface area contributed by atoms with Crippen LogP contribution in [0.4, 0.5) is 0 Å². The number of carboxylic acid groups (broad SMARTS) is 1. The molecule has 0 amide bonds. The molecule has 1 aromatic heterocycles. The molecule has 1 aromatic rings. The summed E-state index contributed by atoms with van der Waals surface area (Å²) in [5.74, 6) is -0.0963. The zero-order valence-corrected chi connectivity index (χ0v) is 10.00. The monoisotopic (exact) mass is 260 g/mol. The molecule has 0 atom stereocenters. The Hall–Kier alpha value is -0.840. The van der Waals surface area contributed by atoms with E-state index in [0.717, 1.165) is 5.82 Å². The third kappa shape index (κ3) is 2.35. The third-order valence-corrected chi connectivity index (χ3v) is 2.40. The van der Waals surface area contributed by atoms with E-state index in [4.69, 9.17) is 5.11 Å². The first-order valence-electron chi connectivity index (χ1n) is 4.25. The van der Waals surface area contributed by atoms with Crippen LogP contribution in [0.1, 0.15) is 26.6 Å². The van der Waals surface area contributed by atoms with Gasteiger partial charge in [-0.15, -0.1) is 0 Å². The van der Waals surface area contributed by atoms with Crippen LogP contribution in [-0.4, -0.2) is 20.6 Å². The lowest BCUT2D eigenvalue weighted by molar-refractivity contribution is -0.137. The van der Waals surface area contributed by atoms with E-state index in [9.17, 15) is 4.79 Å². The molecule has 0 fully saturated rings. The van der Waals surface area contributed by atoms with Crippen LogP contribution < -0.4 is 0 Å². The van der Waals surface area contributed by atoms with E-state index in [-0.39, 0.29) is 12.0 Å². The highest BCUT2D eigenvalue weighted by Crippen LogP contribution is 2.24. The van der Waals surface area contributed by atoms with Gasteiger partial charge in [-0.05, 0) is 15.9 Å². The molecule has 0 saturated heterocycles. The van der Waals surface area contributed by atoms with Crippen molar-refractivity contribution >= 4 is 21.9 Å². The summed E-state index contributed by atoms with van der Waals surface area (Å²) in [5.41, 5.74) is -0.151. The van der Waals surface area contributed by atoms with Gasteiger partial charge in [0.15, 0.2) is 0 Å². The normalized spacial score (nSPS) is 11.7. The first kappa shape index (κ1) is 11.2. The van der Waals surface area contributed by atoms with Crippen molar-refractivity contribution < 1.29 is 9.90 Å². The van der Waals surface area contributed by atoms with Crippen LogP contribution in [0.15, 0.2) is 10.8 Å². The van der Waals surface area contributed by atoms with Gasteiger partial charge < -0.3 is 9.67 Å². The van der Waals surface area contributed by atoms with Crippen molar-refractivity contribution in [1.82, 2.24) is 9.55 Å². The van der Waals surface area contributed by atoms with Gasteiger partial charge in [0.1, 0.15) is 17.0 Å². The Bertz CT molecular complexity index is 352. The summed E-state index contributed by atoms with van der Waals surface area (Å²) < 4.78 is 2.35. The first-order valence-corrected chi connectivity index (χ1v) is 5.05. The Morgan fingerprint density at radius 1 is 1.64 bits per heavy atom. The summed E-state index contributed by atoms with van der Waals surface area (Å²) in [4.78, 5) is 14.8.